The molecule has 3 rings (SSSR count). The topological polar surface area (TPSA) is 63.0 Å². The number of furan rings is 1. The predicted octanol–water partition coefficient (Wildman–Crippen LogP) is 4.03. The summed E-state index contributed by atoms with van der Waals surface area (Å²) >= 11 is 0. The van der Waals surface area contributed by atoms with E-state index in [1.165, 1.54) is 5.56 Å². The van der Waals surface area contributed by atoms with Crippen LogP contribution in [0.3, 0.4) is 0 Å². The van der Waals surface area contributed by atoms with Crippen LogP contribution in [0.2, 0.25) is 0 Å². The van der Waals surface area contributed by atoms with Crippen molar-refractivity contribution in [2.24, 2.45) is 0 Å². The van der Waals surface area contributed by atoms with Crippen LogP contribution >= 0.6 is 0 Å². The lowest BCUT2D eigenvalue weighted by Gasteiger charge is -2.09. The third kappa shape index (κ3) is 4.84. The van der Waals surface area contributed by atoms with Gasteiger partial charge in [0.25, 0.3) is 0 Å². The van der Waals surface area contributed by atoms with E-state index in [1.807, 2.05) is 31.2 Å². The first-order chi connectivity index (χ1) is 11.8. The molecule has 2 heterocycles. The fourth-order valence-corrected chi connectivity index (χ4v) is 2.47. The predicted molar refractivity (Wildman–Crippen MR) is 96.1 cm³/mol. The molecule has 0 amide bonds. The molecule has 5 heteroatoms. The largest absolute Gasteiger partial charge is 0.467 e. The molecule has 0 saturated heterocycles. The molecule has 0 atom stereocenters. The maximum Gasteiger partial charge on any atom is 0.224 e. The Morgan fingerprint density at radius 2 is 1.88 bits per heavy atom. The van der Waals surface area contributed by atoms with Crippen LogP contribution in [0.4, 0.5) is 11.8 Å². The van der Waals surface area contributed by atoms with Crippen LogP contribution in [0.25, 0.3) is 0 Å². The smallest absolute Gasteiger partial charge is 0.224 e. The van der Waals surface area contributed by atoms with Crippen LogP contribution in [-0.2, 0) is 13.0 Å². The zero-order valence-corrected chi connectivity index (χ0v) is 13.8. The van der Waals surface area contributed by atoms with Crippen LogP contribution in [-0.4, -0.2) is 16.5 Å². The minimum Gasteiger partial charge on any atom is -0.467 e. The van der Waals surface area contributed by atoms with Crippen LogP contribution in [0.5, 0.6) is 0 Å². The van der Waals surface area contributed by atoms with Gasteiger partial charge < -0.3 is 15.1 Å². The molecule has 0 saturated carbocycles. The molecule has 0 fully saturated rings. The van der Waals surface area contributed by atoms with Gasteiger partial charge >= 0.3 is 0 Å². The Morgan fingerprint density at radius 3 is 2.67 bits per heavy atom. The van der Waals surface area contributed by atoms with E-state index in [2.05, 4.69) is 44.9 Å². The monoisotopic (exact) mass is 322 g/mol. The van der Waals surface area contributed by atoms with Gasteiger partial charge in [0.2, 0.25) is 5.95 Å². The molecule has 24 heavy (non-hydrogen) atoms. The summed E-state index contributed by atoms with van der Waals surface area (Å²) in [5.74, 6) is 2.33. The Balaban J connectivity index is 1.49. The second-order valence-corrected chi connectivity index (χ2v) is 5.67. The average molecular weight is 322 g/mol. The number of aromatic nitrogens is 2. The molecule has 0 aliphatic carbocycles. The molecule has 3 aromatic rings. The highest BCUT2D eigenvalue weighted by atomic mass is 16.3. The van der Waals surface area contributed by atoms with E-state index in [-0.39, 0.29) is 0 Å². The molecule has 5 nitrogen and oxygen atoms in total. The van der Waals surface area contributed by atoms with Gasteiger partial charge in [0, 0.05) is 18.3 Å². The van der Waals surface area contributed by atoms with E-state index in [4.69, 9.17) is 4.42 Å². The summed E-state index contributed by atoms with van der Waals surface area (Å²) in [5, 5.41) is 6.56. The second-order valence-electron chi connectivity index (χ2n) is 5.67. The zero-order valence-electron chi connectivity index (χ0n) is 13.8. The van der Waals surface area contributed by atoms with E-state index in [1.54, 1.807) is 6.26 Å². The normalized spacial score (nSPS) is 10.5. The summed E-state index contributed by atoms with van der Waals surface area (Å²) in [7, 11) is 0. The third-order valence-electron chi connectivity index (χ3n) is 3.65. The zero-order chi connectivity index (χ0) is 16.6. The molecule has 124 valence electrons. The van der Waals surface area contributed by atoms with Crippen molar-refractivity contribution in [2.45, 2.75) is 26.3 Å². The van der Waals surface area contributed by atoms with Gasteiger partial charge in [0.05, 0.1) is 12.8 Å². The van der Waals surface area contributed by atoms with Crippen LogP contribution in [0.15, 0.2) is 59.2 Å². The summed E-state index contributed by atoms with van der Waals surface area (Å²) in [6.45, 7) is 3.42. The van der Waals surface area contributed by atoms with Crippen molar-refractivity contribution in [1.82, 2.24) is 9.97 Å². The van der Waals surface area contributed by atoms with Crippen LogP contribution in [0, 0.1) is 6.92 Å². The van der Waals surface area contributed by atoms with Crippen molar-refractivity contribution in [3.05, 3.63) is 71.8 Å². The Labute approximate surface area is 142 Å². The molecule has 2 N–H and O–H groups in total. The summed E-state index contributed by atoms with van der Waals surface area (Å²) in [5.41, 5.74) is 2.28. The number of anilines is 2. The number of hydrogen-bond donors (Lipinski definition) is 2. The maximum atomic E-state index is 5.32. The lowest BCUT2D eigenvalue weighted by Crippen LogP contribution is -2.09. The fraction of sp³-hybridized carbons (Fsp3) is 0.263. The number of rotatable bonds is 8. The molecule has 0 unspecified atom stereocenters. The molecular weight excluding hydrogens is 300 g/mol. The van der Waals surface area contributed by atoms with Gasteiger partial charge in [-0.05, 0) is 37.5 Å². The third-order valence-corrected chi connectivity index (χ3v) is 3.65. The van der Waals surface area contributed by atoms with Crippen molar-refractivity contribution in [2.75, 3.05) is 17.2 Å². The van der Waals surface area contributed by atoms with Gasteiger partial charge in [0.15, 0.2) is 0 Å². The van der Waals surface area contributed by atoms with Crippen molar-refractivity contribution in [3.8, 4) is 0 Å². The molecule has 0 aliphatic heterocycles. The van der Waals surface area contributed by atoms with E-state index < -0.39 is 0 Å². The van der Waals surface area contributed by atoms with Gasteiger partial charge in [-0.25, -0.2) is 4.98 Å². The quantitative estimate of drug-likeness (QED) is 0.613. The summed E-state index contributed by atoms with van der Waals surface area (Å²) in [6.07, 6.45) is 3.75. The highest BCUT2D eigenvalue weighted by Gasteiger charge is 2.03. The molecular formula is C19H22N4O. The molecule has 0 radical (unpaired) electrons. The standard InChI is InChI=1S/C19H22N4O/c1-15-13-18(21-14-17-10-6-12-24-17)23-19(22-15)20-11-5-9-16-7-3-2-4-8-16/h2-4,6-8,10,12-13H,5,9,11,14H2,1H3,(H2,20,21,22,23). The number of nitrogens with zero attached hydrogens (tertiary/aromatic N) is 2. The molecule has 0 aliphatic rings. The maximum absolute atomic E-state index is 5.32. The summed E-state index contributed by atoms with van der Waals surface area (Å²) in [6, 6.07) is 16.2. The lowest BCUT2D eigenvalue weighted by molar-refractivity contribution is 0.518. The minimum atomic E-state index is 0.608. The van der Waals surface area contributed by atoms with Gasteiger partial charge in [-0.1, -0.05) is 30.3 Å². The molecule has 2 aromatic heterocycles. The van der Waals surface area contributed by atoms with Crippen molar-refractivity contribution < 1.29 is 4.42 Å². The highest BCUT2D eigenvalue weighted by Crippen LogP contribution is 2.12. The van der Waals surface area contributed by atoms with E-state index in [0.29, 0.717) is 12.5 Å². The van der Waals surface area contributed by atoms with Crippen molar-refractivity contribution in [3.63, 3.8) is 0 Å². The first-order valence-electron chi connectivity index (χ1n) is 8.19. The summed E-state index contributed by atoms with van der Waals surface area (Å²) in [4.78, 5) is 8.94. The molecule has 1 aromatic carbocycles. The number of aryl methyl sites for hydroxylation is 2. The van der Waals surface area contributed by atoms with Crippen molar-refractivity contribution >= 4 is 11.8 Å². The van der Waals surface area contributed by atoms with Gasteiger partial charge in [-0.3, -0.25) is 0 Å². The average Bonchev–Trinajstić information content (AvgIpc) is 3.11. The molecule has 0 bridgehead atoms. The number of benzene rings is 1. The van der Waals surface area contributed by atoms with E-state index in [9.17, 15) is 0 Å². The first kappa shape index (κ1) is 16.1. The Morgan fingerprint density at radius 1 is 1.00 bits per heavy atom. The Kier molecular flexibility index (Phi) is 5.45. The first-order valence-corrected chi connectivity index (χ1v) is 8.19. The van der Waals surface area contributed by atoms with Gasteiger partial charge in [-0.2, -0.15) is 4.98 Å². The molecule has 0 spiro atoms. The lowest BCUT2D eigenvalue weighted by atomic mass is 10.1. The highest BCUT2D eigenvalue weighted by molar-refractivity contribution is 5.42. The van der Waals surface area contributed by atoms with Crippen LogP contribution < -0.4 is 10.6 Å². The fourth-order valence-electron chi connectivity index (χ4n) is 2.47. The van der Waals surface area contributed by atoms with Gasteiger partial charge in [0.1, 0.15) is 11.6 Å². The van der Waals surface area contributed by atoms with E-state index >= 15 is 0 Å². The van der Waals surface area contributed by atoms with E-state index in [0.717, 1.165) is 36.7 Å². The van der Waals surface area contributed by atoms with Gasteiger partial charge in [-0.15, -0.1) is 0 Å². The minimum absolute atomic E-state index is 0.608. The Hall–Kier alpha value is -2.82. The van der Waals surface area contributed by atoms with Crippen molar-refractivity contribution in [1.29, 1.82) is 0 Å². The van der Waals surface area contributed by atoms with Crippen LogP contribution in [0.1, 0.15) is 23.4 Å². The number of hydrogen-bond acceptors (Lipinski definition) is 5. The Bertz CT molecular complexity index is 741. The summed E-state index contributed by atoms with van der Waals surface area (Å²) < 4.78 is 5.32. The second kappa shape index (κ2) is 8.15. The SMILES string of the molecule is Cc1cc(NCc2ccco2)nc(NCCCc2ccccc2)n1. The number of nitrogens with one attached hydrogen (secondary N) is 2.